The Bertz CT molecular complexity index is 1200. The highest BCUT2D eigenvalue weighted by atomic mass is 35.5. The molecule has 3 amide bonds. The van der Waals surface area contributed by atoms with Crippen molar-refractivity contribution in [2.45, 2.75) is 31.5 Å². The first-order valence-corrected chi connectivity index (χ1v) is 11.2. The van der Waals surface area contributed by atoms with Crippen LogP contribution in [0.15, 0.2) is 53.1 Å². The molecule has 12 heteroatoms. The van der Waals surface area contributed by atoms with Gasteiger partial charge in [0.2, 0.25) is 5.82 Å². The molecule has 4 rings (SSSR count). The molecule has 3 aromatic rings. The summed E-state index contributed by atoms with van der Waals surface area (Å²) >= 11 is 5.95. The molecule has 1 aliphatic rings. The second-order valence-electron chi connectivity index (χ2n) is 7.99. The van der Waals surface area contributed by atoms with Gasteiger partial charge in [-0.3, -0.25) is 4.79 Å². The van der Waals surface area contributed by atoms with Crippen molar-refractivity contribution in [2.75, 3.05) is 18.4 Å². The van der Waals surface area contributed by atoms with Crippen molar-refractivity contribution in [3.63, 3.8) is 0 Å². The van der Waals surface area contributed by atoms with E-state index in [0.717, 1.165) is 19.3 Å². The topological polar surface area (TPSA) is 100 Å². The summed E-state index contributed by atoms with van der Waals surface area (Å²) in [6.45, 7) is 0.821. The van der Waals surface area contributed by atoms with E-state index in [2.05, 4.69) is 25.3 Å². The van der Waals surface area contributed by atoms with Crippen LogP contribution in [0.5, 0.6) is 0 Å². The summed E-state index contributed by atoms with van der Waals surface area (Å²) in [5, 5.41) is 9.46. The lowest BCUT2D eigenvalue weighted by molar-refractivity contribution is -0.159. The van der Waals surface area contributed by atoms with E-state index in [1.54, 1.807) is 29.2 Å². The molecule has 1 atom stereocenters. The van der Waals surface area contributed by atoms with Crippen molar-refractivity contribution in [3.05, 3.63) is 65.0 Å². The van der Waals surface area contributed by atoms with Crippen molar-refractivity contribution in [3.8, 4) is 11.4 Å². The highest BCUT2D eigenvalue weighted by molar-refractivity contribution is 6.30. The fraction of sp³-hybridized carbons (Fsp3) is 0.304. The Morgan fingerprint density at radius 2 is 1.91 bits per heavy atom. The van der Waals surface area contributed by atoms with Crippen LogP contribution < -0.4 is 10.6 Å². The van der Waals surface area contributed by atoms with Crippen LogP contribution >= 0.6 is 11.6 Å². The van der Waals surface area contributed by atoms with Crippen LogP contribution in [0.4, 0.5) is 23.7 Å². The first-order valence-electron chi connectivity index (χ1n) is 10.8. The highest BCUT2D eigenvalue weighted by Gasteiger charge is 2.38. The van der Waals surface area contributed by atoms with Gasteiger partial charge in [-0.1, -0.05) is 22.8 Å². The smallest absolute Gasteiger partial charge is 0.350 e. The maximum Gasteiger partial charge on any atom is 0.471 e. The Labute approximate surface area is 203 Å². The Hall–Kier alpha value is -3.60. The van der Waals surface area contributed by atoms with E-state index in [0.29, 0.717) is 28.4 Å². The number of likely N-dealkylation sites (tertiary alicyclic amines) is 1. The van der Waals surface area contributed by atoms with Crippen molar-refractivity contribution < 1.29 is 27.3 Å². The largest absolute Gasteiger partial charge is 0.471 e. The zero-order valence-electron chi connectivity index (χ0n) is 18.3. The van der Waals surface area contributed by atoms with Gasteiger partial charge < -0.3 is 20.1 Å². The van der Waals surface area contributed by atoms with Gasteiger partial charge in [0.15, 0.2) is 0 Å². The van der Waals surface area contributed by atoms with E-state index in [1.165, 1.54) is 24.3 Å². The molecule has 35 heavy (non-hydrogen) atoms. The van der Waals surface area contributed by atoms with E-state index in [-0.39, 0.29) is 30.3 Å². The summed E-state index contributed by atoms with van der Waals surface area (Å²) in [6.07, 6.45) is -2.22. The highest BCUT2D eigenvalue weighted by Crippen LogP contribution is 2.29. The van der Waals surface area contributed by atoms with Gasteiger partial charge in [-0.25, -0.2) is 4.79 Å². The summed E-state index contributed by atoms with van der Waals surface area (Å²) in [5.74, 6) is -1.91. The number of carbonyl (C=O) groups is 2. The Kier molecular flexibility index (Phi) is 7.25. The molecule has 0 saturated carbocycles. The van der Waals surface area contributed by atoms with Crippen molar-refractivity contribution in [2.24, 2.45) is 0 Å². The molecule has 1 saturated heterocycles. The number of rotatable bonds is 5. The number of piperidine rings is 1. The molecule has 8 nitrogen and oxygen atoms in total. The van der Waals surface area contributed by atoms with Crippen LogP contribution in [-0.4, -0.2) is 46.1 Å². The second kappa shape index (κ2) is 10.3. The summed E-state index contributed by atoms with van der Waals surface area (Å²) < 4.78 is 42.2. The number of amides is 3. The van der Waals surface area contributed by atoms with E-state index in [9.17, 15) is 22.8 Å². The van der Waals surface area contributed by atoms with Gasteiger partial charge in [0, 0.05) is 34.9 Å². The summed E-state index contributed by atoms with van der Waals surface area (Å²) in [7, 11) is 0. The van der Waals surface area contributed by atoms with Crippen LogP contribution in [0.3, 0.4) is 0 Å². The van der Waals surface area contributed by atoms with Crippen LogP contribution in [0.2, 0.25) is 5.02 Å². The van der Waals surface area contributed by atoms with E-state index >= 15 is 0 Å². The maximum absolute atomic E-state index is 12.9. The third kappa shape index (κ3) is 6.10. The number of aromatic nitrogens is 2. The van der Waals surface area contributed by atoms with Crippen molar-refractivity contribution in [1.82, 2.24) is 20.4 Å². The van der Waals surface area contributed by atoms with Gasteiger partial charge in [-0.2, -0.15) is 18.2 Å². The first kappa shape index (κ1) is 24.5. The Morgan fingerprint density at radius 3 is 2.60 bits per heavy atom. The van der Waals surface area contributed by atoms with Gasteiger partial charge in [0.25, 0.3) is 5.91 Å². The van der Waals surface area contributed by atoms with E-state index < -0.39 is 12.1 Å². The molecule has 1 fully saturated rings. The number of urea groups is 1. The van der Waals surface area contributed by atoms with Crippen LogP contribution in [0, 0.1) is 0 Å². The number of nitrogens with one attached hydrogen (secondary N) is 2. The molecule has 1 aromatic heterocycles. The third-order valence-electron chi connectivity index (χ3n) is 5.54. The molecule has 184 valence electrons. The molecular formula is C23H21ClF3N5O3. The zero-order chi connectivity index (χ0) is 25.0. The van der Waals surface area contributed by atoms with E-state index in [4.69, 9.17) is 11.6 Å². The number of nitrogens with zero attached hydrogens (tertiary/aromatic N) is 3. The molecule has 1 unspecified atom stereocenters. The minimum atomic E-state index is -4.72. The van der Waals surface area contributed by atoms with Gasteiger partial charge >= 0.3 is 18.1 Å². The quantitative estimate of drug-likeness (QED) is 0.493. The van der Waals surface area contributed by atoms with Gasteiger partial charge in [0.1, 0.15) is 0 Å². The molecule has 2 N–H and O–H groups in total. The van der Waals surface area contributed by atoms with Gasteiger partial charge in [-0.15, -0.1) is 0 Å². The second-order valence-corrected chi connectivity index (χ2v) is 8.43. The number of carbonyl (C=O) groups excluding carboxylic acids is 2. The number of hydrogen-bond acceptors (Lipinski definition) is 5. The molecular weight excluding hydrogens is 487 g/mol. The first-order chi connectivity index (χ1) is 16.7. The van der Waals surface area contributed by atoms with Crippen LogP contribution in [0.25, 0.3) is 11.4 Å². The lowest BCUT2D eigenvalue weighted by Crippen LogP contribution is -2.50. The fourth-order valence-corrected chi connectivity index (χ4v) is 3.97. The summed E-state index contributed by atoms with van der Waals surface area (Å²) in [6, 6.07) is 12.1. The summed E-state index contributed by atoms with van der Waals surface area (Å²) in [4.78, 5) is 30.4. The summed E-state index contributed by atoms with van der Waals surface area (Å²) in [5.41, 5.74) is 1.20. The number of anilines is 1. The molecule has 0 radical (unpaired) electrons. The number of halogens is 4. The minimum Gasteiger partial charge on any atom is -0.350 e. The maximum atomic E-state index is 12.9. The van der Waals surface area contributed by atoms with E-state index in [1.807, 2.05) is 0 Å². The third-order valence-corrected chi connectivity index (χ3v) is 5.77. The monoisotopic (exact) mass is 507 g/mol. The molecule has 0 aliphatic carbocycles. The molecule has 2 heterocycles. The van der Waals surface area contributed by atoms with Crippen molar-refractivity contribution in [1.29, 1.82) is 0 Å². The van der Waals surface area contributed by atoms with Crippen molar-refractivity contribution >= 4 is 29.2 Å². The normalized spacial score (nSPS) is 16.1. The average molecular weight is 508 g/mol. The Balaban J connectivity index is 1.36. The van der Waals surface area contributed by atoms with Crippen LogP contribution in [-0.2, 0) is 6.18 Å². The number of hydrogen-bond donors (Lipinski definition) is 2. The average Bonchev–Trinajstić information content (AvgIpc) is 3.34. The minimum absolute atomic E-state index is 0.189. The standard InChI is InChI=1S/C23H21ClF3N5O3/c24-16-5-3-4-15(12-16)20(33)28-13-18-6-1-2-11-32(18)22(34)29-17-9-7-14(8-10-17)19-30-21(35-31-19)23(25,26)27/h3-5,7-10,12,18H,1-2,6,11,13H2,(H,28,33)(H,29,34). The fourth-order valence-electron chi connectivity index (χ4n) is 3.78. The number of benzene rings is 2. The SMILES string of the molecule is O=C(NCC1CCCCN1C(=O)Nc1ccc(-c2noc(C(F)(F)F)n2)cc1)c1cccc(Cl)c1. The van der Waals surface area contributed by atoms with Gasteiger partial charge in [-0.05, 0) is 61.7 Å². The lowest BCUT2D eigenvalue weighted by atomic mass is 10.0. The predicted octanol–water partition coefficient (Wildman–Crippen LogP) is 5.23. The van der Waals surface area contributed by atoms with Gasteiger partial charge in [0.05, 0.1) is 6.04 Å². The Morgan fingerprint density at radius 1 is 1.14 bits per heavy atom. The lowest BCUT2D eigenvalue weighted by Gasteiger charge is -2.35. The predicted molar refractivity (Wildman–Crippen MR) is 122 cm³/mol. The molecule has 1 aliphatic heterocycles. The zero-order valence-corrected chi connectivity index (χ0v) is 19.1. The molecule has 0 bridgehead atoms. The van der Waals surface area contributed by atoms with Crippen LogP contribution in [0.1, 0.15) is 35.5 Å². The number of alkyl halides is 3. The molecule has 2 aromatic carbocycles. The molecule has 0 spiro atoms.